The van der Waals surface area contributed by atoms with Crippen LogP contribution in [-0.2, 0) is 21.3 Å². The van der Waals surface area contributed by atoms with Crippen molar-refractivity contribution in [2.24, 2.45) is 5.41 Å². The van der Waals surface area contributed by atoms with E-state index in [-0.39, 0.29) is 17.4 Å². The van der Waals surface area contributed by atoms with Gasteiger partial charge in [-0.05, 0) is 55.9 Å². The van der Waals surface area contributed by atoms with Crippen molar-refractivity contribution in [3.05, 3.63) is 71.3 Å². The standard InChI is InChI=1S/C26H32N2O4S/c1-20-7-12-24(22-5-3-2-4-6-22)33(30,31)28(20)17-21-8-10-23(11-9-21)25(29)27-18-26(19-27)13-15-32-16-14-26/h2-6,8-11,20,24H,7,12-19H2,1H3/t20-,24?/m0/s1. The fourth-order valence-electron chi connectivity index (χ4n) is 5.49. The molecule has 1 unspecified atom stereocenters. The summed E-state index contributed by atoms with van der Waals surface area (Å²) in [6.07, 6.45) is 3.53. The lowest BCUT2D eigenvalue weighted by Crippen LogP contribution is -2.60. The first-order chi connectivity index (χ1) is 15.9. The molecular weight excluding hydrogens is 436 g/mol. The Morgan fingerprint density at radius 1 is 1.00 bits per heavy atom. The first kappa shape index (κ1) is 22.6. The minimum atomic E-state index is -3.47. The van der Waals surface area contributed by atoms with E-state index in [0.717, 1.165) is 56.7 Å². The minimum absolute atomic E-state index is 0.0481. The van der Waals surface area contributed by atoms with Gasteiger partial charge < -0.3 is 9.64 Å². The Morgan fingerprint density at radius 2 is 1.67 bits per heavy atom. The van der Waals surface area contributed by atoms with Gasteiger partial charge in [-0.25, -0.2) is 8.42 Å². The largest absolute Gasteiger partial charge is 0.381 e. The molecule has 1 amide bonds. The lowest BCUT2D eigenvalue weighted by molar-refractivity contribution is -0.0666. The highest BCUT2D eigenvalue weighted by atomic mass is 32.2. The molecule has 2 aromatic rings. The van der Waals surface area contributed by atoms with Crippen LogP contribution >= 0.6 is 0 Å². The van der Waals surface area contributed by atoms with E-state index in [1.54, 1.807) is 4.31 Å². The lowest BCUT2D eigenvalue weighted by Gasteiger charge is -2.52. The summed E-state index contributed by atoms with van der Waals surface area (Å²) in [6.45, 7) is 5.50. The van der Waals surface area contributed by atoms with E-state index in [4.69, 9.17) is 4.74 Å². The summed E-state index contributed by atoms with van der Waals surface area (Å²) in [5.74, 6) is 0.0572. The van der Waals surface area contributed by atoms with Gasteiger partial charge >= 0.3 is 0 Å². The monoisotopic (exact) mass is 468 g/mol. The number of rotatable bonds is 4. The summed E-state index contributed by atoms with van der Waals surface area (Å²) in [5.41, 5.74) is 2.67. The van der Waals surface area contributed by atoms with Crippen molar-refractivity contribution in [1.82, 2.24) is 9.21 Å². The van der Waals surface area contributed by atoms with Gasteiger partial charge in [-0.1, -0.05) is 42.5 Å². The van der Waals surface area contributed by atoms with Gasteiger partial charge in [-0.15, -0.1) is 0 Å². The van der Waals surface area contributed by atoms with Crippen molar-refractivity contribution in [3.8, 4) is 0 Å². The van der Waals surface area contributed by atoms with E-state index in [2.05, 4.69) is 0 Å². The molecule has 0 saturated carbocycles. The maximum atomic E-state index is 13.4. The summed E-state index contributed by atoms with van der Waals surface area (Å²) < 4.78 is 34.0. The topological polar surface area (TPSA) is 66.9 Å². The van der Waals surface area contributed by atoms with Crippen LogP contribution in [0, 0.1) is 5.41 Å². The number of carbonyl (C=O) groups is 1. The van der Waals surface area contributed by atoms with Crippen LogP contribution in [0.2, 0.25) is 0 Å². The Balaban J connectivity index is 1.26. The van der Waals surface area contributed by atoms with Crippen molar-refractivity contribution in [1.29, 1.82) is 0 Å². The molecule has 3 heterocycles. The average molecular weight is 469 g/mol. The zero-order chi connectivity index (χ0) is 23.1. The molecule has 0 aliphatic carbocycles. The molecular formula is C26H32N2O4S. The number of likely N-dealkylation sites (tertiary alicyclic amines) is 1. The van der Waals surface area contributed by atoms with Crippen molar-refractivity contribution in [2.45, 2.75) is 50.4 Å². The van der Waals surface area contributed by atoms with Crippen LogP contribution in [0.1, 0.15) is 59.3 Å². The third-order valence-corrected chi connectivity index (χ3v) is 10.00. The van der Waals surface area contributed by atoms with E-state index in [0.29, 0.717) is 18.5 Å². The SMILES string of the molecule is C[C@H]1CCC(c2ccccc2)S(=O)(=O)N1Cc1ccc(C(=O)N2CC3(CCOCC3)C2)cc1. The molecule has 6 nitrogen and oxygen atoms in total. The van der Waals surface area contributed by atoms with E-state index in [1.165, 1.54) is 0 Å². The molecule has 0 radical (unpaired) electrons. The second-order valence-corrected chi connectivity index (χ2v) is 12.0. The van der Waals surface area contributed by atoms with Crippen LogP contribution in [-0.4, -0.2) is 55.9 Å². The molecule has 5 rings (SSSR count). The van der Waals surface area contributed by atoms with Gasteiger partial charge in [0, 0.05) is 49.9 Å². The van der Waals surface area contributed by atoms with Gasteiger partial charge in [0.1, 0.15) is 5.25 Å². The highest BCUT2D eigenvalue weighted by molar-refractivity contribution is 7.89. The number of ether oxygens (including phenoxy) is 1. The number of hydrogen-bond acceptors (Lipinski definition) is 4. The molecule has 1 spiro atoms. The van der Waals surface area contributed by atoms with Gasteiger partial charge in [-0.2, -0.15) is 4.31 Å². The first-order valence-corrected chi connectivity index (χ1v) is 13.4. The van der Waals surface area contributed by atoms with Crippen molar-refractivity contribution >= 4 is 15.9 Å². The molecule has 2 atom stereocenters. The second kappa shape index (κ2) is 8.85. The molecule has 2 aromatic carbocycles. The highest BCUT2D eigenvalue weighted by Gasteiger charge is 2.46. The summed E-state index contributed by atoms with van der Waals surface area (Å²) in [5, 5.41) is -0.500. The molecule has 7 heteroatoms. The van der Waals surface area contributed by atoms with E-state index in [1.807, 2.05) is 66.4 Å². The van der Waals surface area contributed by atoms with Gasteiger partial charge in [0.25, 0.3) is 5.91 Å². The third-order valence-electron chi connectivity index (χ3n) is 7.63. The number of nitrogens with zero attached hydrogens (tertiary/aromatic N) is 2. The van der Waals surface area contributed by atoms with Gasteiger partial charge in [0.05, 0.1) is 0 Å². The molecule has 3 aliphatic heterocycles. The fourth-order valence-corrected chi connectivity index (χ4v) is 7.69. The van der Waals surface area contributed by atoms with Crippen LogP contribution in [0.5, 0.6) is 0 Å². The van der Waals surface area contributed by atoms with Crippen LogP contribution < -0.4 is 0 Å². The van der Waals surface area contributed by atoms with Gasteiger partial charge in [0.2, 0.25) is 10.0 Å². The van der Waals surface area contributed by atoms with Gasteiger partial charge in [-0.3, -0.25) is 4.79 Å². The fraction of sp³-hybridized carbons (Fsp3) is 0.500. The quantitative estimate of drug-likeness (QED) is 0.680. The predicted molar refractivity (Wildman–Crippen MR) is 127 cm³/mol. The summed E-state index contributed by atoms with van der Waals surface area (Å²) >= 11 is 0. The van der Waals surface area contributed by atoms with E-state index in [9.17, 15) is 13.2 Å². The Hall–Kier alpha value is -2.22. The number of benzene rings is 2. The van der Waals surface area contributed by atoms with E-state index < -0.39 is 15.3 Å². The smallest absolute Gasteiger partial charge is 0.253 e. The van der Waals surface area contributed by atoms with Gasteiger partial charge in [0.15, 0.2) is 0 Å². The second-order valence-electron chi connectivity index (χ2n) is 9.89. The summed E-state index contributed by atoms with van der Waals surface area (Å²) in [7, 11) is -3.47. The van der Waals surface area contributed by atoms with Crippen LogP contribution in [0.4, 0.5) is 0 Å². The Bertz CT molecular complexity index is 1090. The zero-order valence-corrected chi connectivity index (χ0v) is 20.0. The Kier molecular flexibility index (Phi) is 6.05. The van der Waals surface area contributed by atoms with Crippen molar-refractivity contribution < 1.29 is 17.9 Å². The van der Waals surface area contributed by atoms with Crippen LogP contribution in [0.25, 0.3) is 0 Å². The average Bonchev–Trinajstić information content (AvgIpc) is 2.81. The summed E-state index contributed by atoms with van der Waals surface area (Å²) in [6, 6.07) is 16.9. The summed E-state index contributed by atoms with van der Waals surface area (Å²) in [4.78, 5) is 14.8. The first-order valence-electron chi connectivity index (χ1n) is 11.9. The molecule has 3 aliphatic rings. The lowest BCUT2D eigenvalue weighted by atomic mass is 9.73. The third kappa shape index (κ3) is 4.34. The molecule has 33 heavy (non-hydrogen) atoms. The maximum Gasteiger partial charge on any atom is 0.253 e. The molecule has 0 aromatic heterocycles. The normalized spacial score (nSPS) is 26.6. The minimum Gasteiger partial charge on any atom is -0.381 e. The molecule has 0 bridgehead atoms. The molecule has 0 N–H and O–H groups in total. The predicted octanol–water partition coefficient (Wildman–Crippen LogP) is 3.99. The number of amides is 1. The van der Waals surface area contributed by atoms with Crippen molar-refractivity contribution in [2.75, 3.05) is 26.3 Å². The number of hydrogen-bond donors (Lipinski definition) is 0. The zero-order valence-electron chi connectivity index (χ0n) is 19.2. The Labute approximate surface area is 196 Å². The molecule has 3 fully saturated rings. The molecule has 176 valence electrons. The number of sulfonamides is 1. The molecule has 3 saturated heterocycles. The highest BCUT2D eigenvalue weighted by Crippen LogP contribution is 2.41. The van der Waals surface area contributed by atoms with Crippen LogP contribution in [0.15, 0.2) is 54.6 Å². The van der Waals surface area contributed by atoms with Crippen LogP contribution in [0.3, 0.4) is 0 Å². The van der Waals surface area contributed by atoms with E-state index >= 15 is 0 Å². The Morgan fingerprint density at radius 3 is 2.33 bits per heavy atom. The van der Waals surface area contributed by atoms with Crippen molar-refractivity contribution in [3.63, 3.8) is 0 Å². The number of carbonyl (C=O) groups excluding carboxylic acids is 1. The maximum absolute atomic E-state index is 13.4.